The Hall–Kier alpha value is -2.09. The van der Waals surface area contributed by atoms with Gasteiger partial charge in [-0.15, -0.1) is 0 Å². The normalized spacial score (nSPS) is 12.4. The van der Waals surface area contributed by atoms with Gasteiger partial charge in [-0.25, -0.2) is 8.42 Å². The molecule has 0 radical (unpaired) electrons. The highest BCUT2D eigenvalue weighted by atomic mass is 35.5. The fourth-order valence-electron chi connectivity index (χ4n) is 2.29. The largest absolute Gasteiger partial charge is 0.350 e. The number of sulfonamides is 1. The lowest BCUT2D eigenvalue weighted by atomic mass is 10.2. The molecule has 1 atom stereocenters. The van der Waals surface area contributed by atoms with Crippen molar-refractivity contribution >= 4 is 33.2 Å². The molecule has 0 spiro atoms. The third kappa shape index (κ3) is 5.72. The van der Waals surface area contributed by atoms with E-state index in [1.165, 1.54) is 24.3 Å². The molecule has 8 heteroatoms. The highest BCUT2D eigenvalue weighted by Gasteiger charge is 2.15. The summed E-state index contributed by atoms with van der Waals surface area (Å²) >= 11 is 5.79. The molecule has 140 valence electrons. The Kier molecular flexibility index (Phi) is 7.02. The molecule has 3 N–H and O–H groups in total. The van der Waals surface area contributed by atoms with E-state index < -0.39 is 10.0 Å². The van der Waals surface area contributed by atoms with Gasteiger partial charge < -0.3 is 10.6 Å². The second-order valence-electron chi connectivity index (χ2n) is 5.81. The van der Waals surface area contributed by atoms with E-state index in [4.69, 9.17) is 11.6 Å². The van der Waals surface area contributed by atoms with Crippen LogP contribution in [0.25, 0.3) is 0 Å². The molecule has 1 amide bonds. The van der Waals surface area contributed by atoms with E-state index in [0.717, 1.165) is 6.54 Å². The van der Waals surface area contributed by atoms with Crippen molar-refractivity contribution in [3.8, 4) is 0 Å². The van der Waals surface area contributed by atoms with Crippen molar-refractivity contribution in [1.82, 2.24) is 10.6 Å². The van der Waals surface area contributed by atoms with Gasteiger partial charge in [-0.05, 0) is 62.0 Å². The second-order valence-corrected chi connectivity index (χ2v) is 7.92. The van der Waals surface area contributed by atoms with Crippen LogP contribution >= 0.6 is 11.6 Å². The maximum absolute atomic E-state index is 12.4. The summed E-state index contributed by atoms with van der Waals surface area (Å²) in [4.78, 5) is 12.2. The van der Waals surface area contributed by atoms with Gasteiger partial charge in [0.05, 0.1) is 4.90 Å². The molecule has 0 aromatic heterocycles. The number of hydrogen-bond donors (Lipinski definition) is 3. The van der Waals surface area contributed by atoms with Crippen molar-refractivity contribution in [3.63, 3.8) is 0 Å². The minimum absolute atomic E-state index is 0.0741. The Labute approximate surface area is 159 Å². The van der Waals surface area contributed by atoms with Gasteiger partial charge in [0.2, 0.25) is 0 Å². The van der Waals surface area contributed by atoms with Gasteiger partial charge in [-0.3, -0.25) is 9.52 Å². The zero-order chi connectivity index (χ0) is 19.2. The predicted molar refractivity (Wildman–Crippen MR) is 104 cm³/mol. The Morgan fingerprint density at radius 1 is 1.08 bits per heavy atom. The molecule has 0 saturated carbocycles. The Morgan fingerprint density at radius 2 is 1.69 bits per heavy atom. The monoisotopic (exact) mass is 395 g/mol. The SMILES string of the molecule is CCN[C@H](C)CNC(=O)c1ccc(S(=O)(=O)Nc2ccc(Cl)cc2)cc1. The minimum Gasteiger partial charge on any atom is -0.350 e. The standard InChI is InChI=1S/C18H22ClN3O3S/c1-3-20-13(2)12-21-18(23)14-4-10-17(11-5-14)26(24,25)22-16-8-6-15(19)7-9-16/h4-11,13,20,22H,3,12H2,1-2H3,(H,21,23)/t13-/m1/s1. The highest BCUT2D eigenvalue weighted by molar-refractivity contribution is 7.92. The fraction of sp³-hybridized carbons (Fsp3) is 0.278. The number of anilines is 1. The molecular formula is C18H22ClN3O3S. The molecule has 2 aromatic rings. The van der Waals surface area contributed by atoms with Crippen LogP contribution in [0.5, 0.6) is 0 Å². The first kappa shape index (κ1) is 20.2. The molecule has 2 rings (SSSR count). The summed E-state index contributed by atoms with van der Waals surface area (Å²) in [5.74, 6) is -0.246. The maximum atomic E-state index is 12.4. The summed E-state index contributed by atoms with van der Waals surface area (Å²) in [6, 6.07) is 12.3. The van der Waals surface area contributed by atoms with Crippen LogP contribution in [0.15, 0.2) is 53.4 Å². The zero-order valence-electron chi connectivity index (χ0n) is 14.6. The summed E-state index contributed by atoms with van der Waals surface area (Å²) in [5, 5.41) is 6.53. The van der Waals surface area contributed by atoms with Crippen molar-refractivity contribution in [2.45, 2.75) is 24.8 Å². The van der Waals surface area contributed by atoms with E-state index in [-0.39, 0.29) is 16.8 Å². The summed E-state index contributed by atoms with van der Waals surface area (Å²) in [7, 11) is -3.74. The van der Waals surface area contributed by atoms with Crippen LogP contribution in [0, 0.1) is 0 Å². The van der Waals surface area contributed by atoms with Crippen LogP contribution in [-0.2, 0) is 10.0 Å². The van der Waals surface area contributed by atoms with Gasteiger partial charge in [-0.2, -0.15) is 0 Å². The Balaban J connectivity index is 2.03. The van der Waals surface area contributed by atoms with E-state index in [9.17, 15) is 13.2 Å². The van der Waals surface area contributed by atoms with E-state index >= 15 is 0 Å². The predicted octanol–water partition coefficient (Wildman–Crippen LogP) is 2.87. The third-order valence-electron chi connectivity index (χ3n) is 3.64. The molecular weight excluding hydrogens is 374 g/mol. The number of carbonyl (C=O) groups excluding carboxylic acids is 1. The smallest absolute Gasteiger partial charge is 0.261 e. The van der Waals surface area contributed by atoms with Crippen LogP contribution in [0.1, 0.15) is 24.2 Å². The van der Waals surface area contributed by atoms with Crippen LogP contribution in [-0.4, -0.2) is 33.5 Å². The van der Waals surface area contributed by atoms with Crippen LogP contribution in [0.3, 0.4) is 0 Å². The molecule has 6 nitrogen and oxygen atoms in total. The summed E-state index contributed by atoms with van der Waals surface area (Å²) in [6.07, 6.45) is 0. The molecule has 26 heavy (non-hydrogen) atoms. The number of halogens is 1. The number of carbonyl (C=O) groups is 1. The van der Waals surface area contributed by atoms with Crippen LogP contribution < -0.4 is 15.4 Å². The Bertz CT molecular complexity index is 837. The lowest BCUT2D eigenvalue weighted by molar-refractivity contribution is 0.0950. The second kappa shape index (κ2) is 9.02. The summed E-state index contributed by atoms with van der Waals surface area (Å²) in [5.41, 5.74) is 0.813. The molecule has 0 bridgehead atoms. The molecule has 0 unspecified atom stereocenters. The number of hydrogen-bond acceptors (Lipinski definition) is 4. The lowest BCUT2D eigenvalue weighted by Gasteiger charge is -2.13. The molecule has 0 saturated heterocycles. The number of nitrogens with one attached hydrogen (secondary N) is 3. The molecule has 0 aliphatic rings. The van der Waals surface area contributed by atoms with Gasteiger partial charge in [0.15, 0.2) is 0 Å². The maximum Gasteiger partial charge on any atom is 0.261 e. The van der Waals surface area contributed by atoms with Crippen molar-refractivity contribution in [2.75, 3.05) is 17.8 Å². The lowest BCUT2D eigenvalue weighted by Crippen LogP contribution is -2.38. The molecule has 0 aliphatic carbocycles. The third-order valence-corrected chi connectivity index (χ3v) is 5.29. The van der Waals surface area contributed by atoms with E-state index in [1.807, 2.05) is 13.8 Å². The fourth-order valence-corrected chi connectivity index (χ4v) is 3.47. The van der Waals surface area contributed by atoms with Crippen LogP contribution in [0.2, 0.25) is 5.02 Å². The molecule has 0 fully saturated rings. The minimum atomic E-state index is -3.74. The van der Waals surface area contributed by atoms with Gasteiger partial charge >= 0.3 is 0 Å². The number of rotatable bonds is 8. The average molecular weight is 396 g/mol. The first-order valence-electron chi connectivity index (χ1n) is 8.22. The molecule has 2 aromatic carbocycles. The highest BCUT2D eigenvalue weighted by Crippen LogP contribution is 2.18. The van der Waals surface area contributed by atoms with Gasteiger partial charge in [0.25, 0.3) is 15.9 Å². The van der Waals surface area contributed by atoms with Crippen LogP contribution in [0.4, 0.5) is 5.69 Å². The zero-order valence-corrected chi connectivity index (χ0v) is 16.2. The van der Waals surface area contributed by atoms with E-state index in [1.54, 1.807) is 24.3 Å². The first-order valence-corrected chi connectivity index (χ1v) is 10.1. The summed E-state index contributed by atoms with van der Waals surface area (Å²) in [6.45, 7) is 5.28. The molecule has 0 heterocycles. The topological polar surface area (TPSA) is 87.3 Å². The van der Waals surface area contributed by atoms with Crippen molar-refractivity contribution in [3.05, 3.63) is 59.1 Å². The summed E-state index contributed by atoms with van der Waals surface area (Å²) < 4.78 is 27.3. The van der Waals surface area contributed by atoms with Gasteiger partial charge in [0, 0.05) is 28.9 Å². The van der Waals surface area contributed by atoms with E-state index in [2.05, 4.69) is 15.4 Å². The Morgan fingerprint density at radius 3 is 2.27 bits per heavy atom. The van der Waals surface area contributed by atoms with E-state index in [0.29, 0.717) is 22.8 Å². The van der Waals surface area contributed by atoms with Crippen molar-refractivity contribution < 1.29 is 13.2 Å². The van der Waals surface area contributed by atoms with Crippen molar-refractivity contribution in [2.24, 2.45) is 0 Å². The first-order chi connectivity index (χ1) is 12.3. The quantitative estimate of drug-likeness (QED) is 0.641. The van der Waals surface area contributed by atoms with Gasteiger partial charge in [-0.1, -0.05) is 18.5 Å². The van der Waals surface area contributed by atoms with Gasteiger partial charge in [0.1, 0.15) is 0 Å². The molecule has 0 aliphatic heterocycles. The van der Waals surface area contributed by atoms with Crippen molar-refractivity contribution in [1.29, 1.82) is 0 Å². The number of benzene rings is 2. The number of likely N-dealkylation sites (N-methyl/N-ethyl adjacent to an activating group) is 1. The number of amides is 1. The average Bonchev–Trinajstić information content (AvgIpc) is 2.62.